The van der Waals surface area contributed by atoms with Gasteiger partial charge in [-0.15, -0.1) is 0 Å². The van der Waals surface area contributed by atoms with Crippen LogP contribution in [0.4, 0.5) is 0 Å². The molecule has 2 unspecified atom stereocenters. The lowest BCUT2D eigenvalue weighted by molar-refractivity contribution is -0.182. The zero-order valence-electron chi connectivity index (χ0n) is 30.3. The molecule has 6 nitrogen and oxygen atoms in total. The van der Waals surface area contributed by atoms with E-state index in [9.17, 15) is 9.46 Å². The van der Waals surface area contributed by atoms with E-state index in [0.29, 0.717) is 6.61 Å². The quantitative estimate of drug-likeness (QED) is 0.0538. The van der Waals surface area contributed by atoms with Crippen LogP contribution in [0, 0.1) is 0 Å². The number of phosphoric acid groups is 1. The first-order valence-electron chi connectivity index (χ1n) is 19.9. The summed E-state index contributed by atoms with van der Waals surface area (Å²) in [6.07, 6.45) is 39.2. The molecule has 1 rings (SSSR count). The van der Waals surface area contributed by atoms with E-state index in [2.05, 4.69) is 13.8 Å². The summed E-state index contributed by atoms with van der Waals surface area (Å²) in [7, 11) is -4.03. The van der Waals surface area contributed by atoms with Crippen LogP contribution in [0.3, 0.4) is 0 Å². The Hall–Kier alpha value is 0.0300. The van der Waals surface area contributed by atoms with Gasteiger partial charge >= 0.3 is 7.82 Å². The summed E-state index contributed by atoms with van der Waals surface area (Å²) < 4.78 is 34.7. The van der Waals surface area contributed by atoms with Crippen LogP contribution in [-0.4, -0.2) is 36.6 Å². The molecule has 0 amide bonds. The average molecular weight is 661 g/mol. The third-order valence-electron chi connectivity index (χ3n) is 9.45. The van der Waals surface area contributed by atoms with Crippen molar-refractivity contribution in [1.82, 2.24) is 0 Å². The van der Waals surface area contributed by atoms with Crippen molar-refractivity contribution >= 4 is 7.82 Å². The van der Waals surface area contributed by atoms with E-state index in [1.54, 1.807) is 6.92 Å². The van der Waals surface area contributed by atoms with Crippen LogP contribution in [0.1, 0.15) is 213 Å². The number of hydrogen-bond acceptors (Lipinski definition) is 5. The fourth-order valence-electron chi connectivity index (χ4n) is 6.64. The Morgan fingerprint density at radius 1 is 0.556 bits per heavy atom. The van der Waals surface area contributed by atoms with Gasteiger partial charge in [-0.3, -0.25) is 9.05 Å². The number of rotatable bonds is 35. The highest BCUT2D eigenvalue weighted by atomic mass is 31.2. The largest absolute Gasteiger partial charge is 0.472 e. The maximum Gasteiger partial charge on any atom is 0.472 e. The van der Waals surface area contributed by atoms with Crippen molar-refractivity contribution in [1.29, 1.82) is 0 Å². The number of phosphoric ester groups is 1. The number of ether oxygens (including phenoxy) is 2. The van der Waals surface area contributed by atoms with E-state index < -0.39 is 13.6 Å². The van der Waals surface area contributed by atoms with Crippen molar-refractivity contribution in [2.45, 2.75) is 225 Å². The predicted molar refractivity (Wildman–Crippen MR) is 191 cm³/mol. The first kappa shape index (κ1) is 43.1. The maximum absolute atomic E-state index is 12.0. The number of unbranched alkanes of at least 4 members (excludes halogenated alkanes) is 26. The van der Waals surface area contributed by atoms with Crippen LogP contribution in [0.5, 0.6) is 0 Å². The predicted octanol–water partition coefficient (Wildman–Crippen LogP) is 13.0. The van der Waals surface area contributed by atoms with E-state index in [1.165, 1.54) is 167 Å². The van der Waals surface area contributed by atoms with Crippen molar-refractivity contribution in [2.24, 2.45) is 0 Å². The Balaban J connectivity index is 2.23. The first-order chi connectivity index (χ1) is 22.0. The third kappa shape index (κ3) is 25.7. The van der Waals surface area contributed by atoms with Crippen LogP contribution in [0.25, 0.3) is 0 Å². The molecule has 1 N–H and O–H groups in total. The van der Waals surface area contributed by atoms with Crippen molar-refractivity contribution in [2.75, 3.05) is 19.8 Å². The summed E-state index contributed by atoms with van der Waals surface area (Å²) in [5, 5.41) is 0. The first-order valence-corrected chi connectivity index (χ1v) is 21.4. The summed E-state index contributed by atoms with van der Waals surface area (Å²) in [6.45, 7) is 6.81. The van der Waals surface area contributed by atoms with Gasteiger partial charge < -0.3 is 14.4 Å². The van der Waals surface area contributed by atoms with Crippen LogP contribution in [-0.2, 0) is 23.1 Å². The van der Waals surface area contributed by atoms with Gasteiger partial charge in [-0.05, 0) is 19.8 Å². The Kier molecular flexibility index (Phi) is 28.8. The molecule has 1 fully saturated rings. The summed E-state index contributed by atoms with van der Waals surface area (Å²) in [4.78, 5) is 9.81. The molecule has 1 heterocycles. The monoisotopic (exact) mass is 661 g/mol. The van der Waals surface area contributed by atoms with Gasteiger partial charge in [0.05, 0.1) is 19.8 Å². The molecule has 0 spiro atoms. The Morgan fingerprint density at radius 2 is 0.889 bits per heavy atom. The summed E-state index contributed by atoms with van der Waals surface area (Å²) in [5.74, 6) is -0.576. The molecule has 2 atom stereocenters. The van der Waals surface area contributed by atoms with Crippen LogP contribution < -0.4 is 0 Å². The van der Waals surface area contributed by atoms with Gasteiger partial charge in [-0.2, -0.15) is 0 Å². The minimum atomic E-state index is -4.03. The fraction of sp³-hybridized carbons (Fsp3) is 1.00. The molecule has 0 aromatic carbocycles. The summed E-state index contributed by atoms with van der Waals surface area (Å²) in [6, 6.07) is 0. The van der Waals surface area contributed by atoms with E-state index in [0.717, 1.165) is 25.7 Å². The minimum Gasteiger partial charge on any atom is -0.347 e. The summed E-state index contributed by atoms with van der Waals surface area (Å²) in [5.41, 5.74) is 0. The molecular formula is C38H77O6P. The molecule has 7 heteroatoms. The lowest BCUT2D eigenvalue weighted by atomic mass is 9.98. The lowest BCUT2D eigenvalue weighted by Crippen LogP contribution is -2.32. The lowest BCUT2D eigenvalue weighted by Gasteiger charge is -2.28. The van der Waals surface area contributed by atoms with Crippen LogP contribution in [0.15, 0.2) is 0 Å². The number of hydrogen-bond donors (Lipinski definition) is 1. The molecule has 0 saturated carbocycles. The third-order valence-corrected chi connectivity index (χ3v) is 10.5. The van der Waals surface area contributed by atoms with E-state index in [1.807, 2.05) is 0 Å². The van der Waals surface area contributed by atoms with Gasteiger partial charge in [0.15, 0.2) is 5.79 Å². The van der Waals surface area contributed by atoms with Gasteiger partial charge in [0.2, 0.25) is 0 Å². The topological polar surface area (TPSA) is 74.2 Å². The molecule has 0 bridgehead atoms. The molecule has 0 aliphatic carbocycles. The second-order valence-electron chi connectivity index (χ2n) is 13.8. The molecule has 1 saturated heterocycles. The van der Waals surface area contributed by atoms with Gasteiger partial charge in [0.1, 0.15) is 6.10 Å². The molecule has 1 aliphatic rings. The van der Waals surface area contributed by atoms with Crippen LogP contribution in [0.2, 0.25) is 0 Å². The molecule has 0 aromatic heterocycles. The smallest absolute Gasteiger partial charge is 0.347 e. The van der Waals surface area contributed by atoms with Gasteiger partial charge in [0.25, 0.3) is 0 Å². The van der Waals surface area contributed by atoms with Gasteiger partial charge in [0, 0.05) is 12.8 Å². The Labute approximate surface area is 280 Å². The Morgan fingerprint density at radius 3 is 1.22 bits per heavy atom. The molecule has 1 aliphatic heterocycles. The van der Waals surface area contributed by atoms with Gasteiger partial charge in [-0.1, -0.05) is 181 Å². The standard InChI is InChI=1S/C38H77O6P/c1-4-7-9-11-13-15-17-19-21-23-25-27-29-31-33-38(41-35-37(44-38)36-43-45(39,40)42-6-3)34-32-30-28-26-24-22-20-18-16-14-12-10-8-5-2/h37H,4-36H2,1-3H3,(H,39,40). The highest BCUT2D eigenvalue weighted by molar-refractivity contribution is 7.47. The minimum absolute atomic E-state index is 0.0208. The second kappa shape index (κ2) is 30.1. The molecule has 0 aromatic rings. The van der Waals surface area contributed by atoms with Crippen molar-refractivity contribution < 1.29 is 28.0 Å². The molecule has 270 valence electrons. The summed E-state index contributed by atoms with van der Waals surface area (Å²) >= 11 is 0. The van der Waals surface area contributed by atoms with E-state index in [-0.39, 0.29) is 19.3 Å². The fourth-order valence-corrected chi connectivity index (χ4v) is 7.40. The van der Waals surface area contributed by atoms with Gasteiger partial charge in [-0.25, -0.2) is 4.57 Å². The van der Waals surface area contributed by atoms with Crippen molar-refractivity contribution in [3.8, 4) is 0 Å². The highest BCUT2D eigenvalue weighted by Gasteiger charge is 2.41. The zero-order chi connectivity index (χ0) is 32.7. The van der Waals surface area contributed by atoms with Crippen molar-refractivity contribution in [3.05, 3.63) is 0 Å². The normalized spacial score (nSPS) is 17.6. The average Bonchev–Trinajstić information content (AvgIpc) is 3.43. The van der Waals surface area contributed by atoms with Crippen molar-refractivity contribution in [3.63, 3.8) is 0 Å². The SMILES string of the molecule is CCCCCCCCCCCCCCCCC1(CCCCCCCCCCCCCCCC)OCC(COP(=O)(O)OCC)O1. The molecule has 0 radical (unpaired) electrons. The van der Waals surface area contributed by atoms with E-state index >= 15 is 0 Å². The molecule has 45 heavy (non-hydrogen) atoms. The van der Waals surface area contributed by atoms with E-state index in [4.69, 9.17) is 18.5 Å². The Bertz CT molecular complexity index is 643. The highest BCUT2D eigenvalue weighted by Crippen LogP contribution is 2.44. The second-order valence-corrected chi connectivity index (χ2v) is 15.3. The van der Waals surface area contributed by atoms with Crippen LogP contribution >= 0.6 is 7.82 Å². The molecular weight excluding hydrogens is 583 g/mol. The zero-order valence-corrected chi connectivity index (χ0v) is 31.2. The maximum atomic E-state index is 12.0.